The van der Waals surface area contributed by atoms with E-state index in [0.29, 0.717) is 44.2 Å². The largest absolute Gasteiger partial charge is 0.378 e. The number of fused-ring (bicyclic) bond motifs is 1. The van der Waals surface area contributed by atoms with Crippen molar-refractivity contribution >= 4 is 28.7 Å². The standard InChI is InChI=1S/C25H23FN4O2S/c26-21-7-3-18(4-8-21)16-30-23-15-27-10-9-22(23)28-25(30)33-17-19-1-5-20(6-2-19)24(31)29-11-13-32-14-12-29/h1-10,15H,11-14,16-17H2. The molecule has 0 aliphatic carbocycles. The first-order chi connectivity index (χ1) is 16.2. The number of imidazole rings is 1. The van der Waals surface area contributed by atoms with Crippen LogP contribution in [0.3, 0.4) is 0 Å². The highest BCUT2D eigenvalue weighted by Gasteiger charge is 2.18. The van der Waals surface area contributed by atoms with Gasteiger partial charge in [-0.2, -0.15) is 0 Å². The summed E-state index contributed by atoms with van der Waals surface area (Å²) in [6, 6.07) is 16.2. The summed E-state index contributed by atoms with van der Waals surface area (Å²) in [5.74, 6) is 0.513. The summed E-state index contributed by atoms with van der Waals surface area (Å²) in [7, 11) is 0. The van der Waals surface area contributed by atoms with Gasteiger partial charge in [-0.15, -0.1) is 0 Å². The zero-order valence-corrected chi connectivity index (χ0v) is 18.8. The Balaban J connectivity index is 1.32. The van der Waals surface area contributed by atoms with Crippen molar-refractivity contribution < 1.29 is 13.9 Å². The Morgan fingerprint density at radius 2 is 1.73 bits per heavy atom. The van der Waals surface area contributed by atoms with E-state index in [-0.39, 0.29) is 11.7 Å². The Kier molecular flexibility index (Phi) is 6.37. The van der Waals surface area contributed by atoms with Crippen LogP contribution in [0.4, 0.5) is 4.39 Å². The van der Waals surface area contributed by atoms with Crippen LogP contribution in [-0.2, 0) is 17.0 Å². The van der Waals surface area contributed by atoms with Crippen molar-refractivity contribution in [2.75, 3.05) is 26.3 Å². The van der Waals surface area contributed by atoms with E-state index in [0.717, 1.165) is 27.3 Å². The maximum atomic E-state index is 13.3. The number of halogens is 1. The Morgan fingerprint density at radius 3 is 2.48 bits per heavy atom. The topological polar surface area (TPSA) is 60.2 Å². The van der Waals surface area contributed by atoms with Crippen molar-refractivity contribution in [3.63, 3.8) is 0 Å². The SMILES string of the molecule is O=C(c1ccc(CSc2nc3ccncc3n2Cc2ccc(F)cc2)cc1)N1CCOCC1. The molecule has 0 bridgehead atoms. The first kappa shape index (κ1) is 21.6. The molecule has 1 fully saturated rings. The van der Waals surface area contributed by atoms with Crippen molar-refractivity contribution in [2.45, 2.75) is 17.5 Å². The highest BCUT2D eigenvalue weighted by atomic mass is 32.2. The third kappa shape index (κ3) is 4.91. The number of morpholine rings is 1. The molecule has 0 saturated carbocycles. The first-order valence-electron chi connectivity index (χ1n) is 10.8. The highest BCUT2D eigenvalue weighted by Crippen LogP contribution is 2.27. The second-order valence-electron chi connectivity index (χ2n) is 7.86. The monoisotopic (exact) mass is 462 g/mol. The lowest BCUT2D eigenvalue weighted by atomic mass is 10.1. The number of aromatic nitrogens is 3. The molecule has 0 spiro atoms. The summed E-state index contributed by atoms with van der Waals surface area (Å²) in [5, 5.41) is 0.871. The number of carbonyl (C=O) groups is 1. The predicted molar refractivity (Wildman–Crippen MR) is 126 cm³/mol. The Bertz CT molecular complexity index is 1250. The predicted octanol–water partition coefficient (Wildman–Crippen LogP) is 4.38. The second kappa shape index (κ2) is 9.72. The van der Waals surface area contributed by atoms with Gasteiger partial charge in [0.15, 0.2) is 5.16 Å². The lowest BCUT2D eigenvalue weighted by Gasteiger charge is -2.26. The van der Waals surface area contributed by atoms with Gasteiger partial charge in [0.1, 0.15) is 5.82 Å². The van der Waals surface area contributed by atoms with Crippen LogP contribution in [0.5, 0.6) is 0 Å². The Labute approximate surface area is 195 Å². The lowest BCUT2D eigenvalue weighted by Crippen LogP contribution is -2.40. The molecule has 3 heterocycles. The van der Waals surface area contributed by atoms with Gasteiger partial charge >= 0.3 is 0 Å². The molecule has 0 unspecified atom stereocenters. The van der Waals surface area contributed by atoms with Gasteiger partial charge in [0, 0.05) is 30.6 Å². The molecule has 2 aromatic carbocycles. The minimum absolute atomic E-state index is 0.0473. The van der Waals surface area contributed by atoms with E-state index in [1.165, 1.54) is 12.1 Å². The molecule has 1 aliphatic rings. The van der Waals surface area contributed by atoms with Gasteiger partial charge in [0.05, 0.1) is 37.0 Å². The number of hydrogen-bond acceptors (Lipinski definition) is 5. The van der Waals surface area contributed by atoms with Crippen molar-refractivity contribution in [1.29, 1.82) is 0 Å². The summed E-state index contributed by atoms with van der Waals surface area (Å²) in [4.78, 5) is 23.5. The van der Waals surface area contributed by atoms with Gasteiger partial charge in [0.25, 0.3) is 5.91 Å². The zero-order valence-electron chi connectivity index (χ0n) is 18.0. The summed E-state index contributed by atoms with van der Waals surface area (Å²) >= 11 is 1.63. The fraction of sp³-hybridized carbons (Fsp3) is 0.240. The molecule has 0 N–H and O–H groups in total. The number of benzene rings is 2. The summed E-state index contributed by atoms with van der Waals surface area (Å²) < 4.78 is 20.8. The number of carbonyl (C=O) groups excluding carboxylic acids is 1. The van der Waals surface area contributed by atoms with Gasteiger partial charge < -0.3 is 14.2 Å². The van der Waals surface area contributed by atoms with Crippen molar-refractivity contribution in [3.8, 4) is 0 Å². The molecule has 6 nitrogen and oxygen atoms in total. The van der Waals surface area contributed by atoms with Crippen LogP contribution < -0.4 is 0 Å². The van der Waals surface area contributed by atoms with Crippen LogP contribution in [-0.4, -0.2) is 51.6 Å². The van der Waals surface area contributed by atoms with Gasteiger partial charge in [-0.1, -0.05) is 36.0 Å². The maximum Gasteiger partial charge on any atom is 0.254 e. The fourth-order valence-electron chi connectivity index (χ4n) is 3.82. The van der Waals surface area contributed by atoms with E-state index in [9.17, 15) is 9.18 Å². The normalized spacial score (nSPS) is 14.0. The third-order valence-electron chi connectivity index (χ3n) is 5.64. The van der Waals surface area contributed by atoms with Gasteiger partial charge in [0.2, 0.25) is 0 Å². The van der Waals surface area contributed by atoms with Crippen LogP contribution >= 0.6 is 11.8 Å². The summed E-state index contributed by atoms with van der Waals surface area (Å²) in [6.07, 6.45) is 3.54. The van der Waals surface area contributed by atoms with Crippen molar-refractivity contribution in [1.82, 2.24) is 19.4 Å². The number of pyridine rings is 1. The van der Waals surface area contributed by atoms with Crippen LogP contribution in [0.15, 0.2) is 72.1 Å². The lowest BCUT2D eigenvalue weighted by molar-refractivity contribution is 0.0303. The van der Waals surface area contributed by atoms with Crippen molar-refractivity contribution in [3.05, 3.63) is 89.5 Å². The van der Waals surface area contributed by atoms with E-state index >= 15 is 0 Å². The summed E-state index contributed by atoms with van der Waals surface area (Å²) in [6.45, 7) is 3.03. The molecule has 0 radical (unpaired) electrons. The maximum absolute atomic E-state index is 13.3. The van der Waals surface area contributed by atoms with Crippen molar-refractivity contribution in [2.24, 2.45) is 0 Å². The fourth-order valence-corrected chi connectivity index (χ4v) is 4.79. The number of rotatable bonds is 6. The molecular weight excluding hydrogens is 439 g/mol. The molecule has 2 aromatic heterocycles. The first-order valence-corrected chi connectivity index (χ1v) is 11.8. The molecule has 5 rings (SSSR count). The van der Waals surface area contributed by atoms with E-state index in [1.54, 1.807) is 30.1 Å². The number of nitrogens with zero attached hydrogens (tertiary/aromatic N) is 4. The zero-order chi connectivity index (χ0) is 22.6. The van der Waals surface area contributed by atoms with Crippen LogP contribution in [0.25, 0.3) is 11.0 Å². The number of ether oxygens (including phenoxy) is 1. The Hall–Kier alpha value is -3.23. The molecule has 1 saturated heterocycles. The van der Waals surface area contributed by atoms with Crippen LogP contribution in [0.2, 0.25) is 0 Å². The van der Waals surface area contributed by atoms with E-state index in [1.807, 2.05) is 41.4 Å². The minimum atomic E-state index is -0.249. The van der Waals surface area contributed by atoms with Crippen LogP contribution in [0.1, 0.15) is 21.5 Å². The molecular formula is C25H23FN4O2S. The van der Waals surface area contributed by atoms with Gasteiger partial charge in [-0.25, -0.2) is 9.37 Å². The Morgan fingerprint density at radius 1 is 1.00 bits per heavy atom. The van der Waals surface area contributed by atoms with Crippen LogP contribution in [0, 0.1) is 5.82 Å². The molecule has 1 amide bonds. The molecule has 8 heteroatoms. The second-order valence-corrected chi connectivity index (χ2v) is 8.80. The number of amides is 1. The minimum Gasteiger partial charge on any atom is -0.378 e. The average Bonchev–Trinajstić information content (AvgIpc) is 3.22. The molecule has 168 valence electrons. The molecule has 1 aliphatic heterocycles. The van der Waals surface area contributed by atoms with Gasteiger partial charge in [-0.05, 0) is 41.5 Å². The highest BCUT2D eigenvalue weighted by molar-refractivity contribution is 7.98. The summed E-state index contributed by atoms with van der Waals surface area (Å²) in [5.41, 5.74) is 4.61. The smallest absolute Gasteiger partial charge is 0.254 e. The third-order valence-corrected chi connectivity index (χ3v) is 6.68. The molecule has 4 aromatic rings. The number of hydrogen-bond donors (Lipinski definition) is 0. The van der Waals surface area contributed by atoms with E-state index in [2.05, 4.69) is 9.55 Å². The molecule has 0 atom stereocenters. The van der Waals surface area contributed by atoms with Gasteiger partial charge in [-0.3, -0.25) is 9.78 Å². The van der Waals surface area contributed by atoms with E-state index in [4.69, 9.17) is 9.72 Å². The quantitative estimate of drug-likeness (QED) is 0.398. The van der Waals surface area contributed by atoms with E-state index < -0.39 is 0 Å². The average molecular weight is 463 g/mol. The number of thioether (sulfide) groups is 1. The molecule has 33 heavy (non-hydrogen) atoms.